The van der Waals surface area contributed by atoms with E-state index in [9.17, 15) is 10.1 Å². The second-order valence-corrected chi connectivity index (χ2v) is 5.35. The summed E-state index contributed by atoms with van der Waals surface area (Å²) >= 11 is 0. The topological polar surface area (TPSA) is 81.2 Å². The molecule has 0 saturated heterocycles. The standard InChI is InChI=1S/C15H17N3O3/c1-10-8-12(18(19)20)4-5-13(10)14-9-17-15(21-14)6-7-16-11-2-3-11/h4-5,8-9,11,16H,2-3,6-7H2,1H3. The van der Waals surface area contributed by atoms with Gasteiger partial charge in [-0.05, 0) is 31.4 Å². The number of aromatic nitrogens is 1. The maximum atomic E-state index is 10.7. The van der Waals surface area contributed by atoms with E-state index in [1.807, 2.05) is 6.92 Å². The van der Waals surface area contributed by atoms with Gasteiger partial charge in [0.25, 0.3) is 5.69 Å². The minimum Gasteiger partial charge on any atom is -0.441 e. The number of nitrogens with zero attached hydrogens (tertiary/aromatic N) is 2. The Morgan fingerprint density at radius 3 is 2.95 bits per heavy atom. The third-order valence-electron chi connectivity index (χ3n) is 3.59. The van der Waals surface area contributed by atoms with Gasteiger partial charge in [-0.15, -0.1) is 0 Å². The molecule has 0 unspecified atom stereocenters. The second-order valence-electron chi connectivity index (χ2n) is 5.35. The van der Waals surface area contributed by atoms with E-state index in [-0.39, 0.29) is 5.69 Å². The van der Waals surface area contributed by atoms with E-state index in [2.05, 4.69) is 10.3 Å². The van der Waals surface area contributed by atoms with E-state index in [0.717, 1.165) is 24.1 Å². The minimum atomic E-state index is -0.397. The van der Waals surface area contributed by atoms with Crippen LogP contribution >= 0.6 is 0 Å². The smallest absolute Gasteiger partial charge is 0.269 e. The summed E-state index contributed by atoms with van der Waals surface area (Å²) in [6, 6.07) is 5.42. The summed E-state index contributed by atoms with van der Waals surface area (Å²) in [5.41, 5.74) is 1.74. The van der Waals surface area contributed by atoms with Crippen molar-refractivity contribution >= 4 is 5.69 Å². The fraction of sp³-hybridized carbons (Fsp3) is 0.400. The lowest BCUT2D eigenvalue weighted by atomic mass is 10.1. The van der Waals surface area contributed by atoms with E-state index in [4.69, 9.17) is 4.42 Å². The third-order valence-corrected chi connectivity index (χ3v) is 3.59. The van der Waals surface area contributed by atoms with Crippen molar-refractivity contribution in [1.29, 1.82) is 0 Å². The van der Waals surface area contributed by atoms with Crippen LogP contribution < -0.4 is 5.32 Å². The Morgan fingerprint density at radius 2 is 2.29 bits per heavy atom. The van der Waals surface area contributed by atoms with Crippen molar-refractivity contribution in [2.45, 2.75) is 32.2 Å². The largest absolute Gasteiger partial charge is 0.441 e. The first-order valence-corrected chi connectivity index (χ1v) is 7.07. The van der Waals surface area contributed by atoms with Crippen molar-refractivity contribution in [2.75, 3.05) is 6.54 Å². The summed E-state index contributed by atoms with van der Waals surface area (Å²) < 4.78 is 5.73. The molecule has 0 bridgehead atoms. The van der Waals surface area contributed by atoms with Gasteiger partial charge in [0.2, 0.25) is 0 Å². The molecular formula is C15H17N3O3. The van der Waals surface area contributed by atoms with E-state index < -0.39 is 4.92 Å². The molecule has 1 saturated carbocycles. The van der Waals surface area contributed by atoms with Gasteiger partial charge in [0, 0.05) is 36.7 Å². The number of aryl methyl sites for hydroxylation is 1. The number of benzene rings is 1. The van der Waals surface area contributed by atoms with Crippen molar-refractivity contribution in [3.8, 4) is 11.3 Å². The number of hydrogen-bond donors (Lipinski definition) is 1. The van der Waals surface area contributed by atoms with Crippen LogP contribution in [0.4, 0.5) is 5.69 Å². The number of nitrogens with one attached hydrogen (secondary N) is 1. The van der Waals surface area contributed by atoms with Gasteiger partial charge in [0.15, 0.2) is 11.7 Å². The maximum Gasteiger partial charge on any atom is 0.269 e. The fourth-order valence-electron chi connectivity index (χ4n) is 2.26. The Labute approximate surface area is 122 Å². The first-order valence-electron chi connectivity index (χ1n) is 7.07. The zero-order chi connectivity index (χ0) is 14.8. The highest BCUT2D eigenvalue weighted by molar-refractivity contribution is 5.63. The molecule has 1 fully saturated rings. The highest BCUT2D eigenvalue weighted by atomic mass is 16.6. The van der Waals surface area contributed by atoms with Gasteiger partial charge in [-0.25, -0.2) is 4.98 Å². The quantitative estimate of drug-likeness (QED) is 0.652. The van der Waals surface area contributed by atoms with Gasteiger partial charge in [0.1, 0.15) is 0 Å². The molecule has 1 aliphatic carbocycles. The lowest BCUT2D eigenvalue weighted by molar-refractivity contribution is -0.384. The molecule has 0 amide bonds. The van der Waals surface area contributed by atoms with Gasteiger partial charge < -0.3 is 9.73 Å². The summed E-state index contributed by atoms with van der Waals surface area (Å²) in [6.07, 6.45) is 4.96. The fourth-order valence-corrected chi connectivity index (χ4v) is 2.26. The van der Waals surface area contributed by atoms with Crippen LogP contribution in [0.2, 0.25) is 0 Å². The van der Waals surface area contributed by atoms with Crippen molar-refractivity contribution in [3.05, 3.63) is 46.0 Å². The highest BCUT2D eigenvalue weighted by Gasteiger charge is 2.20. The molecule has 0 radical (unpaired) electrons. The first-order chi connectivity index (χ1) is 10.1. The summed E-state index contributed by atoms with van der Waals surface area (Å²) in [7, 11) is 0. The van der Waals surface area contributed by atoms with Crippen molar-refractivity contribution in [2.24, 2.45) is 0 Å². The second kappa shape index (κ2) is 5.65. The zero-order valence-electron chi connectivity index (χ0n) is 11.8. The first kappa shape index (κ1) is 13.8. The number of non-ortho nitro benzene ring substituents is 1. The monoisotopic (exact) mass is 287 g/mol. The average molecular weight is 287 g/mol. The number of oxazole rings is 1. The lowest BCUT2D eigenvalue weighted by Crippen LogP contribution is -2.19. The molecule has 1 aliphatic rings. The molecule has 3 rings (SSSR count). The summed E-state index contributed by atoms with van der Waals surface area (Å²) in [5.74, 6) is 1.35. The minimum absolute atomic E-state index is 0.0876. The van der Waals surface area contributed by atoms with Crippen molar-refractivity contribution in [3.63, 3.8) is 0 Å². The predicted molar refractivity (Wildman–Crippen MR) is 78.1 cm³/mol. The molecule has 110 valence electrons. The van der Waals surface area contributed by atoms with Gasteiger partial charge >= 0.3 is 0 Å². The van der Waals surface area contributed by atoms with E-state index in [1.165, 1.54) is 18.9 Å². The Hall–Kier alpha value is -2.21. The highest BCUT2D eigenvalue weighted by Crippen LogP contribution is 2.27. The SMILES string of the molecule is Cc1cc([N+](=O)[O-])ccc1-c1cnc(CCNC2CC2)o1. The average Bonchev–Trinajstić information content (AvgIpc) is 3.16. The van der Waals surface area contributed by atoms with E-state index in [1.54, 1.807) is 18.3 Å². The van der Waals surface area contributed by atoms with Crippen molar-refractivity contribution in [1.82, 2.24) is 10.3 Å². The molecule has 6 heteroatoms. The molecule has 2 aromatic rings. The Bertz CT molecular complexity index is 662. The molecular weight excluding hydrogens is 270 g/mol. The van der Waals surface area contributed by atoms with Crippen LogP contribution in [0.1, 0.15) is 24.3 Å². The van der Waals surface area contributed by atoms with Crippen LogP contribution in [0.5, 0.6) is 0 Å². The number of hydrogen-bond acceptors (Lipinski definition) is 5. The summed E-state index contributed by atoms with van der Waals surface area (Å²) in [5, 5.41) is 14.2. The number of nitro benzene ring substituents is 1. The molecule has 0 aliphatic heterocycles. The normalized spacial score (nSPS) is 14.3. The van der Waals surface area contributed by atoms with Gasteiger partial charge in [-0.2, -0.15) is 0 Å². The van der Waals surface area contributed by atoms with Crippen LogP contribution in [-0.4, -0.2) is 22.5 Å². The number of nitro groups is 1. The molecule has 0 spiro atoms. The van der Waals surface area contributed by atoms with Crippen LogP contribution in [0, 0.1) is 17.0 Å². The number of rotatable bonds is 6. The zero-order valence-corrected chi connectivity index (χ0v) is 11.8. The van der Waals surface area contributed by atoms with Gasteiger partial charge in [-0.1, -0.05) is 0 Å². The predicted octanol–water partition coefficient (Wildman–Crippen LogP) is 2.85. The van der Waals surface area contributed by atoms with Gasteiger partial charge in [-0.3, -0.25) is 10.1 Å². The van der Waals surface area contributed by atoms with E-state index in [0.29, 0.717) is 17.7 Å². The Morgan fingerprint density at radius 1 is 1.48 bits per heavy atom. The lowest BCUT2D eigenvalue weighted by Gasteiger charge is -2.02. The van der Waals surface area contributed by atoms with Crippen LogP contribution in [0.3, 0.4) is 0 Å². The van der Waals surface area contributed by atoms with Crippen LogP contribution in [-0.2, 0) is 6.42 Å². The van der Waals surface area contributed by atoms with Crippen LogP contribution in [0.25, 0.3) is 11.3 Å². The summed E-state index contributed by atoms with van der Waals surface area (Å²) in [4.78, 5) is 14.6. The van der Waals surface area contributed by atoms with Crippen molar-refractivity contribution < 1.29 is 9.34 Å². The molecule has 0 atom stereocenters. The molecule has 1 heterocycles. The molecule has 1 N–H and O–H groups in total. The Balaban J connectivity index is 1.71. The van der Waals surface area contributed by atoms with E-state index >= 15 is 0 Å². The molecule has 1 aromatic heterocycles. The summed E-state index contributed by atoms with van der Waals surface area (Å²) in [6.45, 7) is 2.70. The van der Waals surface area contributed by atoms with Gasteiger partial charge in [0.05, 0.1) is 11.1 Å². The third kappa shape index (κ3) is 3.28. The molecule has 6 nitrogen and oxygen atoms in total. The maximum absolute atomic E-state index is 10.7. The molecule has 21 heavy (non-hydrogen) atoms. The molecule has 1 aromatic carbocycles. The van der Waals surface area contributed by atoms with Crippen LogP contribution in [0.15, 0.2) is 28.8 Å². The Kier molecular flexibility index (Phi) is 3.70.